The molecule has 3 aromatic rings. The van der Waals surface area contributed by atoms with Crippen LogP contribution in [0, 0.1) is 0 Å². The molecule has 3 rings (SSSR count). The van der Waals surface area contributed by atoms with Crippen LogP contribution < -0.4 is 24.7 Å². The fourth-order valence-electron chi connectivity index (χ4n) is 3.59. The van der Waals surface area contributed by atoms with Gasteiger partial charge in [-0.25, -0.2) is 0 Å². The molecule has 3 aromatic carbocycles. The molecule has 0 aliphatic carbocycles. The predicted molar refractivity (Wildman–Crippen MR) is 141 cm³/mol. The first-order chi connectivity index (χ1) is 16.9. The van der Waals surface area contributed by atoms with Gasteiger partial charge in [-0.2, -0.15) is 0 Å². The fraction of sp³-hybridized carbons (Fsp3) is 0.179. The van der Waals surface area contributed by atoms with Gasteiger partial charge in [-0.05, 0) is 65.6 Å². The van der Waals surface area contributed by atoms with Gasteiger partial charge in [-0.3, -0.25) is 4.79 Å². The Kier molecular flexibility index (Phi) is 8.81. The van der Waals surface area contributed by atoms with Crippen molar-refractivity contribution < 1.29 is 23.7 Å². The maximum absolute atomic E-state index is 12.5. The van der Waals surface area contributed by atoms with Crippen molar-refractivity contribution in [3.05, 3.63) is 88.0 Å². The SMILES string of the molecule is COc1cc(C/C=C\C(=O)c2ccccc2N)c(/C=C\c2cc(OC)c(OC)c(OC)c2)cc1Cl. The van der Waals surface area contributed by atoms with E-state index in [4.69, 9.17) is 36.3 Å². The molecule has 35 heavy (non-hydrogen) atoms. The molecule has 0 fully saturated rings. The highest BCUT2D eigenvalue weighted by Crippen LogP contribution is 2.39. The van der Waals surface area contributed by atoms with E-state index in [-0.39, 0.29) is 5.78 Å². The Morgan fingerprint density at radius 1 is 0.886 bits per heavy atom. The number of hydrogen-bond donors (Lipinski definition) is 1. The minimum atomic E-state index is -0.154. The molecule has 0 aliphatic heterocycles. The van der Waals surface area contributed by atoms with Gasteiger partial charge in [0.1, 0.15) is 5.75 Å². The molecule has 182 valence electrons. The van der Waals surface area contributed by atoms with Crippen molar-refractivity contribution in [2.75, 3.05) is 34.2 Å². The summed E-state index contributed by atoms with van der Waals surface area (Å²) in [4.78, 5) is 12.5. The Bertz CT molecular complexity index is 1240. The normalized spacial score (nSPS) is 11.1. The summed E-state index contributed by atoms with van der Waals surface area (Å²) in [5.74, 6) is 2.04. The molecule has 0 unspecified atom stereocenters. The average Bonchev–Trinajstić information content (AvgIpc) is 2.87. The van der Waals surface area contributed by atoms with E-state index in [1.54, 1.807) is 58.8 Å². The van der Waals surface area contributed by atoms with Crippen molar-refractivity contribution in [1.82, 2.24) is 0 Å². The summed E-state index contributed by atoms with van der Waals surface area (Å²) in [5, 5.41) is 0.484. The number of ketones is 1. The topological polar surface area (TPSA) is 80.0 Å². The van der Waals surface area contributed by atoms with Gasteiger partial charge >= 0.3 is 0 Å². The zero-order valence-corrected chi connectivity index (χ0v) is 20.9. The van der Waals surface area contributed by atoms with Crippen molar-refractivity contribution in [2.24, 2.45) is 0 Å². The second kappa shape index (κ2) is 12.0. The number of carbonyl (C=O) groups is 1. The van der Waals surface area contributed by atoms with Crippen LogP contribution in [0.15, 0.2) is 60.7 Å². The Morgan fingerprint density at radius 3 is 2.14 bits per heavy atom. The number of hydrogen-bond acceptors (Lipinski definition) is 6. The third kappa shape index (κ3) is 6.16. The van der Waals surface area contributed by atoms with Gasteiger partial charge < -0.3 is 24.7 Å². The van der Waals surface area contributed by atoms with Crippen LogP contribution in [-0.4, -0.2) is 34.2 Å². The molecular weight excluding hydrogens is 466 g/mol. The number of anilines is 1. The second-order valence-electron chi connectivity index (χ2n) is 7.54. The van der Waals surface area contributed by atoms with Crippen molar-refractivity contribution in [1.29, 1.82) is 0 Å². The number of allylic oxidation sites excluding steroid dienone is 2. The number of methoxy groups -OCH3 is 4. The lowest BCUT2D eigenvalue weighted by Gasteiger charge is -2.13. The van der Waals surface area contributed by atoms with E-state index in [2.05, 4.69) is 0 Å². The van der Waals surface area contributed by atoms with Crippen molar-refractivity contribution in [2.45, 2.75) is 6.42 Å². The lowest BCUT2D eigenvalue weighted by atomic mass is 10.0. The molecule has 0 saturated carbocycles. The predicted octanol–water partition coefficient (Wildman–Crippen LogP) is 6.11. The largest absolute Gasteiger partial charge is 0.495 e. The summed E-state index contributed by atoms with van der Waals surface area (Å²) in [6.07, 6.45) is 7.67. The molecule has 0 radical (unpaired) electrons. The van der Waals surface area contributed by atoms with Gasteiger partial charge in [-0.1, -0.05) is 42.0 Å². The number of nitrogen functional groups attached to an aromatic ring is 1. The van der Waals surface area contributed by atoms with Crippen LogP contribution >= 0.6 is 11.6 Å². The Labute approximate surface area is 210 Å². The molecule has 0 saturated heterocycles. The average molecular weight is 494 g/mol. The lowest BCUT2D eigenvalue weighted by Crippen LogP contribution is -2.00. The van der Waals surface area contributed by atoms with Crippen molar-refractivity contribution in [3.8, 4) is 23.0 Å². The van der Waals surface area contributed by atoms with Crippen LogP contribution in [0.5, 0.6) is 23.0 Å². The quantitative estimate of drug-likeness (QED) is 0.159. The molecule has 0 heterocycles. The van der Waals surface area contributed by atoms with Gasteiger partial charge in [-0.15, -0.1) is 0 Å². The van der Waals surface area contributed by atoms with Gasteiger partial charge in [0.15, 0.2) is 17.3 Å². The number of rotatable bonds is 10. The highest BCUT2D eigenvalue weighted by atomic mass is 35.5. The third-order valence-electron chi connectivity index (χ3n) is 5.39. The molecular formula is C28H28ClNO5. The van der Waals surface area contributed by atoms with E-state index in [9.17, 15) is 4.79 Å². The summed E-state index contributed by atoms with van der Waals surface area (Å²) < 4.78 is 21.7. The molecule has 0 spiro atoms. The summed E-state index contributed by atoms with van der Waals surface area (Å²) in [6, 6.07) is 14.4. The van der Waals surface area contributed by atoms with Crippen molar-refractivity contribution >= 4 is 35.2 Å². The van der Waals surface area contributed by atoms with E-state index >= 15 is 0 Å². The molecule has 6 nitrogen and oxygen atoms in total. The molecule has 0 amide bonds. The summed E-state index contributed by atoms with van der Waals surface area (Å²) >= 11 is 6.40. The molecule has 0 bridgehead atoms. The molecule has 7 heteroatoms. The molecule has 0 atom stereocenters. The first-order valence-electron chi connectivity index (χ1n) is 10.8. The fourth-order valence-corrected chi connectivity index (χ4v) is 3.84. The highest BCUT2D eigenvalue weighted by Gasteiger charge is 2.13. The summed E-state index contributed by atoms with van der Waals surface area (Å²) in [7, 11) is 6.27. The highest BCUT2D eigenvalue weighted by molar-refractivity contribution is 6.32. The summed E-state index contributed by atoms with van der Waals surface area (Å²) in [6.45, 7) is 0. The third-order valence-corrected chi connectivity index (χ3v) is 5.68. The van der Waals surface area contributed by atoms with E-state index < -0.39 is 0 Å². The Morgan fingerprint density at radius 2 is 1.54 bits per heavy atom. The van der Waals surface area contributed by atoms with Crippen LogP contribution in [0.2, 0.25) is 5.02 Å². The Balaban J connectivity index is 1.92. The standard InChI is InChI=1S/C28H28ClNO5/c1-32-25-17-19(8-7-11-24(31)21-9-5-6-10-23(21)30)20(16-22(25)29)13-12-18-14-26(33-2)28(35-4)27(15-18)34-3/h5-7,9-17H,8,30H2,1-4H3/b11-7-,13-12-. The minimum Gasteiger partial charge on any atom is -0.495 e. The number of para-hydroxylation sites is 1. The zero-order valence-electron chi connectivity index (χ0n) is 20.1. The van der Waals surface area contributed by atoms with E-state index in [1.807, 2.05) is 36.4 Å². The molecule has 0 aromatic heterocycles. The minimum absolute atomic E-state index is 0.154. The van der Waals surface area contributed by atoms with Crippen molar-refractivity contribution in [3.63, 3.8) is 0 Å². The second-order valence-corrected chi connectivity index (χ2v) is 7.94. The van der Waals surface area contributed by atoms with Gasteiger partial charge in [0, 0.05) is 11.3 Å². The first kappa shape index (κ1) is 25.7. The van der Waals surface area contributed by atoms with Crippen LogP contribution in [0.25, 0.3) is 12.2 Å². The maximum atomic E-state index is 12.5. The van der Waals surface area contributed by atoms with Crippen LogP contribution in [0.1, 0.15) is 27.0 Å². The van der Waals surface area contributed by atoms with Crippen LogP contribution in [-0.2, 0) is 6.42 Å². The Hall–Kier alpha value is -3.90. The lowest BCUT2D eigenvalue weighted by molar-refractivity contribution is 0.104. The molecule has 0 aliphatic rings. The van der Waals surface area contributed by atoms with Crippen LogP contribution in [0.4, 0.5) is 5.69 Å². The van der Waals surface area contributed by atoms with Gasteiger partial charge in [0.25, 0.3) is 0 Å². The number of ether oxygens (including phenoxy) is 4. The number of carbonyl (C=O) groups excluding carboxylic acids is 1. The summed E-state index contributed by atoms with van der Waals surface area (Å²) in [5.41, 5.74) is 9.49. The van der Waals surface area contributed by atoms with E-state index in [1.165, 1.54) is 6.08 Å². The number of halogens is 1. The van der Waals surface area contributed by atoms with E-state index in [0.717, 1.165) is 16.7 Å². The zero-order chi connectivity index (χ0) is 25.4. The maximum Gasteiger partial charge on any atom is 0.203 e. The first-order valence-corrected chi connectivity index (χ1v) is 11.2. The number of nitrogens with two attached hydrogens (primary N) is 1. The smallest absolute Gasteiger partial charge is 0.203 e. The van der Waals surface area contributed by atoms with E-state index in [0.29, 0.717) is 45.7 Å². The molecule has 2 N–H and O–H groups in total. The monoisotopic (exact) mass is 493 g/mol. The van der Waals surface area contributed by atoms with Crippen LogP contribution in [0.3, 0.4) is 0 Å². The number of benzene rings is 3. The van der Waals surface area contributed by atoms with Gasteiger partial charge in [0.2, 0.25) is 5.75 Å². The van der Waals surface area contributed by atoms with Gasteiger partial charge in [0.05, 0.1) is 33.5 Å².